The van der Waals surface area contributed by atoms with Gasteiger partial charge in [-0.1, -0.05) is 18.5 Å². The second kappa shape index (κ2) is 4.76. The minimum atomic E-state index is -0.848. The van der Waals surface area contributed by atoms with Crippen molar-refractivity contribution >= 4 is 23.4 Å². The highest BCUT2D eigenvalue weighted by atomic mass is 35.5. The summed E-state index contributed by atoms with van der Waals surface area (Å²) in [5, 5.41) is 19.1. The van der Waals surface area contributed by atoms with Gasteiger partial charge in [0.1, 0.15) is 5.82 Å². The van der Waals surface area contributed by atoms with Crippen molar-refractivity contribution in [3.8, 4) is 0 Å². The van der Waals surface area contributed by atoms with Crippen molar-refractivity contribution in [1.29, 1.82) is 0 Å². The number of carboxylic acids is 1. The van der Waals surface area contributed by atoms with Crippen LogP contribution in [0.5, 0.6) is 0 Å². The highest BCUT2D eigenvalue weighted by Gasteiger charge is 2.10. The second-order valence-corrected chi connectivity index (χ2v) is 3.25. The number of nitrogens with one attached hydrogen (secondary N) is 1. The highest BCUT2D eigenvalue weighted by molar-refractivity contribution is 6.29. The van der Waals surface area contributed by atoms with Gasteiger partial charge < -0.3 is 10.4 Å². The van der Waals surface area contributed by atoms with Crippen molar-refractivity contribution < 1.29 is 9.90 Å². The number of anilines is 1. The molecule has 0 bridgehead atoms. The first kappa shape index (κ1) is 10.7. The van der Waals surface area contributed by atoms with Gasteiger partial charge >= 0.3 is 5.97 Å². The predicted octanol–water partition coefficient (Wildman–Crippen LogP) is 1.26. The van der Waals surface area contributed by atoms with Crippen molar-refractivity contribution in [2.75, 3.05) is 11.9 Å². The van der Waals surface area contributed by atoms with E-state index in [-0.39, 0.29) is 0 Å². The Bertz CT molecular complexity index is 315. The predicted molar refractivity (Wildman–Crippen MR) is 52.3 cm³/mol. The molecule has 0 saturated carbocycles. The standard InChI is InChI=1S/C8H10ClN3O2/c1-5(8(13)14)4-10-7-3-2-6(9)11-12-7/h2-3,5H,4H2,1H3,(H,10,12)(H,13,14). The maximum absolute atomic E-state index is 10.5. The van der Waals surface area contributed by atoms with Crippen LogP contribution >= 0.6 is 11.6 Å². The monoisotopic (exact) mass is 215 g/mol. The summed E-state index contributed by atoms with van der Waals surface area (Å²) in [6.07, 6.45) is 0. The molecule has 2 N–H and O–H groups in total. The summed E-state index contributed by atoms with van der Waals surface area (Å²) in [5.74, 6) is -0.797. The van der Waals surface area contributed by atoms with Crippen LogP contribution in [0.2, 0.25) is 5.15 Å². The fourth-order valence-electron chi connectivity index (χ4n) is 0.755. The van der Waals surface area contributed by atoms with Crippen LogP contribution in [-0.4, -0.2) is 27.8 Å². The number of carbonyl (C=O) groups is 1. The van der Waals surface area contributed by atoms with Crippen LogP contribution in [-0.2, 0) is 4.79 Å². The van der Waals surface area contributed by atoms with Gasteiger partial charge in [-0.2, -0.15) is 0 Å². The number of halogens is 1. The van der Waals surface area contributed by atoms with Gasteiger partial charge in [0, 0.05) is 6.54 Å². The molecule has 0 spiro atoms. The van der Waals surface area contributed by atoms with Crippen molar-refractivity contribution in [1.82, 2.24) is 10.2 Å². The first-order valence-corrected chi connectivity index (χ1v) is 4.43. The van der Waals surface area contributed by atoms with E-state index in [1.54, 1.807) is 19.1 Å². The van der Waals surface area contributed by atoms with E-state index >= 15 is 0 Å². The fourth-order valence-corrected chi connectivity index (χ4v) is 0.856. The summed E-state index contributed by atoms with van der Waals surface area (Å²) in [4.78, 5) is 10.5. The zero-order chi connectivity index (χ0) is 10.6. The molecule has 1 aromatic rings. The van der Waals surface area contributed by atoms with E-state index in [1.165, 1.54) is 0 Å². The number of hydrogen-bond acceptors (Lipinski definition) is 4. The van der Waals surface area contributed by atoms with Crippen molar-refractivity contribution in [2.24, 2.45) is 5.92 Å². The van der Waals surface area contributed by atoms with Crippen LogP contribution in [0.25, 0.3) is 0 Å². The molecule has 1 rings (SSSR count). The van der Waals surface area contributed by atoms with E-state index in [0.717, 1.165) is 0 Å². The van der Waals surface area contributed by atoms with Crippen molar-refractivity contribution in [3.63, 3.8) is 0 Å². The molecule has 0 aromatic carbocycles. The second-order valence-electron chi connectivity index (χ2n) is 2.86. The first-order chi connectivity index (χ1) is 6.59. The Morgan fingerprint density at radius 1 is 1.64 bits per heavy atom. The van der Waals surface area contributed by atoms with Gasteiger partial charge in [0.05, 0.1) is 5.92 Å². The van der Waals surface area contributed by atoms with Gasteiger partial charge in [-0.05, 0) is 12.1 Å². The lowest BCUT2D eigenvalue weighted by molar-refractivity contribution is -0.140. The van der Waals surface area contributed by atoms with Crippen LogP contribution in [0, 0.1) is 5.92 Å². The van der Waals surface area contributed by atoms with Gasteiger partial charge in [0.15, 0.2) is 5.15 Å². The van der Waals surface area contributed by atoms with Crippen LogP contribution in [0.3, 0.4) is 0 Å². The molecule has 76 valence electrons. The van der Waals surface area contributed by atoms with E-state index in [9.17, 15) is 4.79 Å². The summed E-state index contributed by atoms with van der Waals surface area (Å²) >= 11 is 5.53. The van der Waals surface area contributed by atoms with E-state index in [1.807, 2.05) is 0 Å². The minimum absolute atomic E-state index is 0.307. The Hall–Kier alpha value is -1.36. The van der Waals surface area contributed by atoms with E-state index < -0.39 is 11.9 Å². The molecule has 6 heteroatoms. The molecule has 14 heavy (non-hydrogen) atoms. The Balaban J connectivity index is 2.46. The van der Waals surface area contributed by atoms with Gasteiger partial charge in [0.25, 0.3) is 0 Å². The highest BCUT2D eigenvalue weighted by Crippen LogP contribution is 2.06. The zero-order valence-corrected chi connectivity index (χ0v) is 8.32. The average molecular weight is 216 g/mol. The number of nitrogens with zero attached hydrogens (tertiary/aromatic N) is 2. The summed E-state index contributed by atoms with van der Waals surface area (Å²) < 4.78 is 0. The number of aliphatic carboxylic acids is 1. The lowest BCUT2D eigenvalue weighted by Crippen LogP contribution is -2.20. The van der Waals surface area contributed by atoms with Crippen LogP contribution in [0.15, 0.2) is 12.1 Å². The normalized spacial score (nSPS) is 12.1. The molecule has 0 amide bonds. The average Bonchev–Trinajstić information content (AvgIpc) is 2.16. The lowest BCUT2D eigenvalue weighted by atomic mass is 10.2. The third-order valence-corrected chi connectivity index (χ3v) is 1.84. The molecular formula is C8H10ClN3O2. The summed E-state index contributed by atoms with van der Waals surface area (Å²) in [5.41, 5.74) is 0. The molecule has 0 aliphatic rings. The quantitative estimate of drug-likeness (QED) is 0.791. The Morgan fingerprint density at radius 3 is 2.86 bits per heavy atom. The van der Waals surface area contributed by atoms with Crippen molar-refractivity contribution in [3.05, 3.63) is 17.3 Å². The molecule has 0 aliphatic heterocycles. The Morgan fingerprint density at radius 2 is 2.36 bits per heavy atom. The number of carboxylic acid groups (broad SMARTS) is 1. The molecule has 1 aromatic heterocycles. The molecular weight excluding hydrogens is 206 g/mol. The summed E-state index contributed by atoms with van der Waals surface area (Å²) in [6, 6.07) is 3.23. The molecule has 1 heterocycles. The fraction of sp³-hybridized carbons (Fsp3) is 0.375. The van der Waals surface area contributed by atoms with Gasteiger partial charge in [0.2, 0.25) is 0 Å². The summed E-state index contributed by atoms with van der Waals surface area (Å²) in [7, 11) is 0. The molecule has 0 fully saturated rings. The van der Waals surface area contributed by atoms with Crippen LogP contribution < -0.4 is 5.32 Å². The topological polar surface area (TPSA) is 75.1 Å². The smallest absolute Gasteiger partial charge is 0.308 e. The van der Waals surface area contributed by atoms with E-state index in [2.05, 4.69) is 15.5 Å². The number of hydrogen-bond donors (Lipinski definition) is 2. The van der Waals surface area contributed by atoms with Gasteiger partial charge in [-0.25, -0.2) is 0 Å². The molecule has 1 atom stereocenters. The largest absolute Gasteiger partial charge is 0.481 e. The van der Waals surface area contributed by atoms with Crippen LogP contribution in [0.1, 0.15) is 6.92 Å². The minimum Gasteiger partial charge on any atom is -0.481 e. The van der Waals surface area contributed by atoms with Gasteiger partial charge in [-0.15, -0.1) is 10.2 Å². The Labute approximate surface area is 86.1 Å². The molecule has 0 saturated heterocycles. The SMILES string of the molecule is CC(CNc1ccc(Cl)nn1)C(=O)O. The van der Waals surface area contributed by atoms with Gasteiger partial charge in [-0.3, -0.25) is 4.79 Å². The van der Waals surface area contributed by atoms with E-state index in [0.29, 0.717) is 17.5 Å². The lowest BCUT2D eigenvalue weighted by Gasteiger charge is -2.07. The molecule has 1 unspecified atom stereocenters. The molecule has 5 nitrogen and oxygen atoms in total. The van der Waals surface area contributed by atoms with Crippen molar-refractivity contribution in [2.45, 2.75) is 6.92 Å². The zero-order valence-electron chi connectivity index (χ0n) is 7.57. The first-order valence-electron chi connectivity index (χ1n) is 4.05. The maximum atomic E-state index is 10.5. The number of rotatable bonds is 4. The molecule has 0 radical (unpaired) electrons. The van der Waals surface area contributed by atoms with E-state index in [4.69, 9.17) is 16.7 Å². The summed E-state index contributed by atoms with van der Waals surface area (Å²) in [6.45, 7) is 1.92. The number of aromatic nitrogens is 2. The van der Waals surface area contributed by atoms with Crippen LogP contribution in [0.4, 0.5) is 5.82 Å². The maximum Gasteiger partial charge on any atom is 0.308 e. The third-order valence-electron chi connectivity index (χ3n) is 1.64. The molecule has 0 aliphatic carbocycles. The Kier molecular flexibility index (Phi) is 3.64. The third kappa shape index (κ3) is 3.18.